The number of thiazole rings is 1. The van der Waals surface area contributed by atoms with Gasteiger partial charge in [0.25, 0.3) is 0 Å². The molecule has 0 fully saturated rings. The third-order valence-corrected chi connectivity index (χ3v) is 3.82. The predicted octanol–water partition coefficient (Wildman–Crippen LogP) is 2.71. The number of carbonyl (C=O) groups excluding carboxylic acids is 2. The lowest BCUT2D eigenvalue weighted by Crippen LogP contribution is -2.36. The summed E-state index contributed by atoms with van der Waals surface area (Å²) in [4.78, 5) is 29.7. The van der Waals surface area contributed by atoms with Crippen LogP contribution in [-0.2, 0) is 11.3 Å². The number of benzene rings is 1. The van der Waals surface area contributed by atoms with Gasteiger partial charge in [0.1, 0.15) is 0 Å². The van der Waals surface area contributed by atoms with Gasteiger partial charge < -0.3 is 10.5 Å². The van der Waals surface area contributed by atoms with Gasteiger partial charge in [-0.25, -0.2) is 14.6 Å². The van der Waals surface area contributed by atoms with Gasteiger partial charge in [-0.05, 0) is 19.4 Å². The molecular weight excluding hydrogens is 302 g/mol. The standard InChI is InChI=1S/C15H17N3O3S/c1-3-21-14(19)12-13(17-10(2)22-12)18(15(16)20)9-11-7-5-4-6-8-11/h4-8H,3,9H2,1-2H3,(H2,16,20). The molecule has 0 aliphatic rings. The zero-order valence-corrected chi connectivity index (χ0v) is 13.2. The van der Waals surface area contributed by atoms with Gasteiger partial charge in [-0.15, -0.1) is 11.3 Å². The maximum absolute atomic E-state index is 12.0. The van der Waals surface area contributed by atoms with E-state index in [4.69, 9.17) is 10.5 Å². The second-order valence-corrected chi connectivity index (χ2v) is 5.72. The Morgan fingerprint density at radius 2 is 2.00 bits per heavy atom. The number of amides is 2. The zero-order valence-electron chi connectivity index (χ0n) is 12.4. The van der Waals surface area contributed by atoms with E-state index in [9.17, 15) is 9.59 Å². The summed E-state index contributed by atoms with van der Waals surface area (Å²) in [6.07, 6.45) is 0. The molecule has 2 rings (SSSR count). The molecule has 2 aromatic rings. The number of esters is 1. The van der Waals surface area contributed by atoms with Crippen LogP contribution in [0, 0.1) is 6.92 Å². The molecule has 7 heteroatoms. The Labute approximate surface area is 132 Å². The van der Waals surface area contributed by atoms with Crippen molar-refractivity contribution >= 4 is 29.2 Å². The lowest BCUT2D eigenvalue weighted by Gasteiger charge is -2.19. The number of carbonyl (C=O) groups is 2. The molecule has 0 atom stereocenters. The summed E-state index contributed by atoms with van der Waals surface area (Å²) in [5, 5.41) is 0.664. The van der Waals surface area contributed by atoms with Crippen LogP contribution in [0.4, 0.5) is 10.6 Å². The van der Waals surface area contributed by atoms with Crippen molar-refractivity contribution in [3.63, 3.8) is 0 Å². The number of hydrogen-bond donors (Lipinski definition) is 1. The third kappa shape index (κ3) is 3.62. The van der Waals surface area contributed by atoms with Crippen LogP contribution in [0.2, 0.25) is 0 Å². The Bertz CT molecular complexity index is 670. The fraction of sp³-hybridized carbons (Fsp3) is 0.267. The van der Waals surface area contributed by atoms with Gasteiger partial charge in [0.05, 0.1) is 18.2 Å². The number of aryl methyl sites for hydroxylation is 1. The van der Waals surface area contributed by atoms with E-state index in [1.54, 1.807) is 13.8 Å². The minimum atomic E-state index is -0.667. The number of urea groups is 1. The van der Waals surface area contributed by atoms with Gasteiger partial charge in [0, 0.05) is 0 Å². The molecule has 0 aliphatic carbocycles. The van der Waals surface area contributed by atoms with Crippen molar-refractivity contribution in [3.8, 4) is 0 Å². The summed E-state index contributed by atoms with van der Waals surface area (Å²) in [7, 11) is 0. The van der Waals surface area contributed by atoms with Crippen molar-refractivity contribution in [1.82, 2.24) is 4.98 Å². The van der Waals surface area contributed by atoms with E-state index in [0.29, 0.717) is 5.01 Å². The van der Waals surface area contributed by atoms with Gasteiger partial charge in [0.2, 0.25) is 0 Å². The molecule has 1 heterocycles. The van der Waals surface area contributed by atoms with Crippen LogP contribution in [0.15, 0.2) is 30.3 Å². The first kappa shape index (κ1) is 16.0. The number of ether oxygens (including phenoxy) is 1. The summed E-state index contributed by atoms with van der Waals surface area (Å²) < 4.78 is 5.01. The lowest BCUT2D eigenvalue weighted by molar-refractivity contribution is 0.0532. The van der Waals surface area contributed by atoms with Crippen molar-refractivity contribution in [2.75, 3.05) is 11.5 Å². The van der Waals surface area contributed by atoms with E-state index in [1.807, 2.05) is 30.3 Å². The number of anilines is 1. The number of aromatic nitrogens is 1. The molecule has 2 amide bonds. The quantitative estimate of drug-likeness (QED) is 0.859. The van der Waals surface area contributed by atoms with Crippen molar-refractivity contribution in [3.05, 3.63) is 45.8 Å². The molecule has 22 heavy (non-hydrogen) atoms. The Morgan fingerprint density at radius 3 is 2.59 bits per heavy atom. The summed E-state index contributed by atoms with van der Waals surface area (Å²) in [6, 6.07) is 8.70. The number of hydrogen-bond acceptors (Lipinski definition) is 5. The molecule has 0 aliphatic heterocycles. The van der Waals surface area contributed by atoms with Gasteiger partial charge >= 0.3 is 12.0 Å². The maximum atomic E-state index is 12.0. The summed E-state index contributed by atoms with van der Waals surface area (Å²) in [6.45, 7) is 3.98. The maximum Gasteiger partial charge on any atom is 0.352 e. The van der Waals surface area contributed by atoms with Crippen molar-refractivity contribution in [2.24, 2.45) is 5.73 Å². The van der Waals surface area contributed by atoms with Crippen LogP contribution < -0.4 is 10.6 Å². The Balaban J connectivity index is 2.37. The van der Waals surface area contributed by atoms with Crippen LogP contribution in [0.5, 0.6) is 0 Å². The van der Waals surface area contributed by atoms with Crippen LogP contribution >= 0.6 is 11.3 Å². The molecule has 0 bridgehead atoms. The van der Waals surface area contributed by atoms with E-state index in [0.717, 1.165) is 5.56 Å². The van der Waals surface area contributed by atoms with E-state index >= 15 is 0 Å². The number of primary amides is 1. The van der Waals surface area contributed by atoms with Crippen LogP contribution in [0.25, 0.3) is 0 Å². The highest BCUT2D eigenvalue weighted by molar-refractivity contribution is 7.14. The zero-order chi connectivity index (χ0) is 16.1. The van der Waals surface area contributed by atoms with E-state index < -0.39 is 12.0 Å². The van der Waals surface area contributed by atoms with Crippen LogP contribution in [0.3, 0.4) is 0 Å². The van der Waals surface area contributed by atoms with Gasteiger partial charge in [-0.3, -0.25) is 4.90 Å². The lowest BCUT2D eigenvalue weighted by atomic mass is 10.2. The number of nitrogens with zero attached hydrogens (tertiary/aromatic N) is 2. The smallest absolute Gasteiger partial charge is 0.352 e. The largest absolute Gasteiger partial charge is 0.462 e. The highest BCUT2D eigenvalue weighted by atomic mass is 32.1. The highest BCUT2D eigenvalue weighted by Gasteiger charge is 2.25. The molecule has 1 aromatic carbocycles. The first-order valence-corrected chi connectivity index (χ1v) is 7.60. The summed E-state index contributed by atoms with van der Waals surface area (Å²) in [5.74, 6) is -0.250. The SMILES string of the molecule is CCOC(=O)c1sc(C)nc1N(Cc1ccccc1)C(N)=O. The minimum absolute atomic E-state index is 0.242. The first-order valence-electron chi connectivity index (χ1n) is 6.78. The molecule has 1 aromatic heterocycles. The summed E-state index contributed by atoms with van der Waals surface area (Å²) in [5.41, 5.74) is 6.36. The minimum Gasteiger partial charge on any atom is -0.462 e. The highest BCUT2D eigenvalue weighted by Crippen LogP contribution is 2.28. The van der Waals surface area contributed by atoms with E-state index in [-0.39, 0.29) is 23.8 Å². The molecule has 6 nitrogen and oxygen atoms in total. The predicted molar refractivity (Wildman–Crippen MR) is 85.0 cm³/mol. The number of rotatable bonds is 5. The molecule has 0 radical (unpaired) electrons. The van der Waals surface area contributed by atoms with Crippen LogP contribution in [-0.4, -0.2) is 23.6 Å². The Hall–Kier alpha value is -2.41. The fourth-order valence-corrected chi connectivity index (χ4v) is 2.77. The molecule has 2 N–H and O–H groups in total. The Kier molecular flexibility index (Phi) is 5.11. The topological polar surface area (TPSA) is 85.5 Å². The van der Waals surface area contributed by atoms with E-state index in [2.05, 4.69) is 4.98 Å². The average Bonchev–Trinajstić information content (AvgIpc) is 2.87. The van der Waals surface area contributed by atoms with Gasteiger partial charge in [-0.1, -0.05) is 30.3 Å². The fourth-order valence-electron chi connectivity index (χ4n) is 1.95. The van der Waals surface area contributed by atoms with E-state index in [1.165, 1.54) is 16.2 Å². The van der Waals surface area contributed by atoms with Crippen molar-refractivity contribution < 1.29 is 14.3 Å². The second kappa shape index (κ2) is 7.04. The monoisotopic (exact) mass is 319 g/mol. The molecular formula is C15H17N3O3S. The normalized spacial score (nSPS) is 10.3. The van der Waals surface area contributed by atoms with Gasteiger partial charge in [-0.2, -0.15) is 0 Å². The third-order valence-electron chi connectivity index (χ3n) is 2.88. The number of nitrogens with two attached hydrogens (primary N) is 1. The first-order chi connectivity index (χ1) is 10.5. The second-order valence-electron chi connectivity index (χ2n) is 4.52. The van der Waals surface area contributed by atoms with Crippen LogP contribution in [0.1, 0.15) is 27.2 Å². The molecule has 0 unspecified atom stereocenters. The molecule has 116 valence electrons. The van der Waals surface area contributed by atoms with Crippen molar-refractivity contribution in [2.45, 2.75) is 20.4 Å². The molecule has 0 saturated heterocycles. The van der Waals surface area contributed by atoms with Crippen molar-refractivity contribution in [1.29, 1.82) is 0 Å². The van der Waals surface area contributed by atoms with Gasteiger partial charge in [0.15, 0.2) is 10.7 Å². The Morgan fingerprint density at radius 1 is 1.32 bits per heavy atom. The summed E-state index contributed by atoms with van der Waals surface area (Å²) >= 11 is 1.18. The molecule has 0 saturated carbocycles. The molecule has 0 spiro atoms. The average molecular weight is 319 g/mol.